The zero-order valence-electron chi connectivity index (χ0n) is 19.8. The van der Waals surface area contributed by atoms with Gasteiger partial charge in [0.1, 0.15) is 5.75 Å². The predicted octanol–water partition coefficient (Wildman–Crippen LogP) is 8.06. The summed E-state index contributed by atoms with van der Waals surface area (Å²) in [4.78, 5) is 0. The molecule has 29 heavy (non-hydrogen) atoms. The Balaban J connectivity index is -0.000000157. The summed E-state index contributed by atoms with van der Waals surface area (Å²) in [5.41, 5.74) is 1.29. The minimum atomic E-state index is -1.01. The summed E-state index contributed by atoms with van der Waals surface area (Å²) < 4.78 is 1.42. The Bertz CT molecular complexity index is 608. The first-order valence-corrected chi connectivity index (χ1v) is 13.9. The molecule has 1 aliphatic rings. The maximum atomic E-state index is 9.18. The van der Waals surface area contributed by atoms with Crippen LogP contribution < -0.4 is 0 Å². The summed E-state index contributed by atoms with van der Waals surface area (Å²) in [6.07, 6.45) is 9.82. The Morgan fingerprint density at radius 2 is 1.62 bits per heavy atom. The van der Waals surface area contributed by atoms with Crippen molar-refractivity contribution in [2.75, 3.05) is 0 Å². The number of rotatable bonds is 1. The van der Waals surface area contributed by atoms with Crippen LogP contribution in [0.15, 0.2) is 41.6 Å². The minimum Gasteiger partial charge on any atom is -0.344 e. The van der Waals surface area contributed by atoms with Crippen molar-refractivity contribution in [2.24, 2.45) is 0 Å². The molecule has 0 saturated heterocycles. The molecule has 1 nitrogen and oxygen atoms in total. The van der Waals surface area contributed by atoms with Gasteiger partial charge in [-0.3, -0.25) is 6.08 Å². The predicted molar refractivity (Wildman–Crippen MR) is 137 cm³/mol. The van der Waals surface area contributed by atoms with Crippen LogP contribution in [0.1, 0.15) is 59.9 Å². The molecule has 0 aliphatic heterocycles. The van der Waals surface area contributed by atoms with E-state index < -0.39 is 8.07 Å². The topological polar surface area (TPSA) is 20.2 Å². The third-order valence-electron chi connectivity index (χ3n) is 3.22. The summed E-state index contributed by atoms with van der Waals surface area (Å²) >= 11 is 2.08. The van der Waals surface area contributed by atoms with Gasteiger partial charge in [0.05, 0.1) is 0 Å². The molecule has 0 fully saturated rings. The van der Waals surface area contributed by atoms with Gasteiger partial charge in [-0.1, -0.05) is 59.5 Å². The fraction of sp³-hybridized carbons (Fsp3) is 0.500. The van der Waals surface area contributed by atoms with E-state index in [0.717, 1.165) is 18.4 Å². The number of hydrogen-bond acceptors (Lipinski definition) is 1. The summed E-state index contributed by atoms with van der Waals surface area (Å²) in [6.45, 7) is 23.1. The van der Waals surface area contributed by atoms with E-state index in [0.29, 0.717) is 5.75 Å². The van der Waals surface area contributed by atoms with Crippen molar-refractivity contribution in [3.63, 3.8) is 0 Å². The Morgan fingerprint density at radius 1 is 1.17 bits per heavy atom. The van der Waals surface area contributed by atoms with Crippen LogP contribution in [-0.2, 0) is 25.4 Å². The molecule has 0 unspecified atom stereocenters. The molecule has 1 aromatic rings. The molecule has 0 amide bonds. The van der Waals surface area contributed by atoms with Crippen molar-refractivity contribution >= 4 is 36.7 Å². The van der Waals surface area contributed by atoms with Crippen molar-refractivity contribution in [2.45, 2.75) is 79.4 Å². The van der Waals surface area contributed by atoms with E-state index in [-0.39, 0.29) is 30.2 Å². The van der Waals surface area contributed by atoms with Gasteiger partial charge in [-0.2, -0.15) is 12.5 Å². The molecular formula is C24H42Cl2OSiTi. The van der Waals surface area contributed by atoms with Crippen LogP contribution in [0.25, 0.3) is 0 Å². The number of aromatic hydroxyl groups is 1. The minimum absolute atomic E-state index is 0. The van der Waals surface area contributed by atoms with E-state index in [9.17, 15) is 5.11 Å². The smallest absolute Gasteiger partial charge is 0.0393 e. The van der Waals surface area contributed by atoms with Gasteiger partial charge < -0.3 is 12.0 Å². The zero-order chi connectivity index (χ0) is 21.7. The van der Waals surface area contributed by atoms with Crippen LogP contribution in [0.4, 0.5) is 0 Å². The SMILES string of the molecule is CC(C)(C)c1cccc(O)c1.C[C](C)=[Ti+2].C[Si](C)(C)C1=[C-]CC=C1.Cl.Cl.[CH2-]CC. The van der Waals surface area contributed by atoms with Gasteiger partial charge in [0.2, 0.25) is 0 Å². The van der Waals surface area contributed by atoms with Gasteiger partial charge in [0.15, 0.2) is 0 Å². The number of phenolic OH excluding ortho intramolecular Hbond substituents is 1. The molecule has 0 atom stereocenters. The third kappa shape index (κ3) is 22.4. The molecule has 0 spiro atoms. The maximum absolute atomic E-state index is 9.18. The standard InChI is InChI=1S/C10H14O.C8H13Si.C3H7.C3H6.2ClH.Ti/c1-10(2,3)8-5-4-6-9(11)7-8;1-9(2,3)8-6-4-5-7-8;2*1-3-2;;;/h4-7,11H,1-3H3;4,6H,5H2,1-3H3;1,3H2,2H3;1-2H3;2*1H;/q;2*-1;;;;+2. The molecule has 1 N–H and O–H groups in total. The second-order valence-electron chi connectivity index (χ2n) is 8.75. The van der Waals surface area contributed by atoms with Crippen molar-refractivity contribution in [1.29, 1.82) is 0 Å². The molecule has 0 heterocycles. The molecule has 2 rings (SSSR count). The summed E-state index contributed by atoms with van der Waals surface area (Å²) in [7, 11) is -1.01. The molecule has 0 saturated carbocycles. The van der Waals surface area contributed by atoms with Crippen LogP contribution in [0, 0.1) is 13.0 Å². The van der Waals surface area contributed by atoms with E-state index >= 15 is 0 Å². The first kappa shape index (κ1) is 36.3. The largest absolute Gasteiger partial charge is 0.344 e. The maximum Gasteiger partial charge on any atom is 0.0393 e. The average molecular weight is 493 g/mol. The number of benzene rings is 1. The fourth-order valence-electron chi connectivity index (χ4n) is 1.89. The average Bonchev–Trinajstić information content (AvgIpc) is 3.01. The zero-order valence-corrected chi connectivity index (χ0v) is 24.0. The Morgan fingerprint density at radius 3 is 1.83 bits per heavy atom. The van der Waals surface area contributed by atoms with Crippen LogP contribution in [0.2, 0.25) is 19.6 Å². The summed E-state index contributed by atoms with van der Waals surface area (Å²) in [5, 5.41) is 10.7. The van der Waals surface area contributed by atoms with Crippen molar-refractivity contribution in [1.82, 2.24) is 0 Å². The van der Waals surface area contributed by atoms with E-state index in [1.807, 2.05) is 19.1 Å². The second-order valence-corrected chi connectivity index (χ2v) is 15.3. The summed E-state index contributed by atoms with van der Waals surface area (Å²) in [6, 6.07) is 7.39. The number of hydrogen-bond donors (Lipinski definition) is 1. The molecular weight excluding hydrogens is 451 g/mol. The molecule has 1 aromatic carbocycles. The Labute approximate surface area is 206 Å². The van der Waals surface area contributed by atoms with E-state index in [1.165, 1.54) is 9.01 Å². The Hall–Kier alpha value is -0.119. The van der Waals surface area contributed by atoms with Crippen LogP contribution >= 0.6 is 24.8 Å². The third-order valence-corrected chi connectivity index (χ3v) is 5.17. The van der Waals surface area contributed by atoms with E-state index in [4.69, 9.17) is 0 Å². The van der Waals surface area contributed by atoms with Gasteiger partial charge >= 0.3 is 37.6 Å². The Kier molecular flexibility index (Phi) is 23.3. The van der Waals surface area contributed by atoms with Gasteiger partial charge in [0.25, 0.3) is 0 Å². The first-order valence-electron chi connectivity index (χ1n) is 9.64. The van der Waals surface area contributed by atoms with Crippen molar-refractivity contribution in [3.8, 4) is 5.75 Å². The van der Waals surface area contributed by atoms with Gasteiger partial charge in [-0.15, -0.1) is 31.2 Å². The van der Waals surface area contributed by atoms with Crippen LogP contribution in [0.3, 0.4) is 0 Å². The molecule has 5 heteroatoms. The molecule has 0 bridgehead atoms. The fourth-order valence-corrected chi connectivity index (χ4v) is 3.14. The molecule has 0 aromatic heterocycles. The van der Waals surface area contributed by atoms with Crippen molar-refractivity contribution < 1.29 is 25.1 Å². The van der Waals surface area contributed by atoms with Crippen LogP contribution in [-0.4, -0.2) is 17.0 Å². The second kappa shape index (κ2) is 18.6. The number of allylic oxidation sites excluding steroid dienone is 4. The van der Waals surface area contributed by atoms with Gasteiger partial charge in [-0.25, -0.2) is 11.3 Å². The number of halogens is 2. The van der Waals surface area contributed by atoms with E-state index in [2.05, 4.69) is 99.4 Å². The van der Waals surface area contributed by atoms with Crippen molar-refractivity contribution in [3.05, 3.63) is 60.2 Å². The van der Waals surface area contributed by atoms with E-state index in [1.54, 1.807) is 12.1 Å². The number of phenols is 1. The monoisotopic (exact) mass is 492 g/mol. The quantitative estimate of drug-likeness (QED) is 0.310. The molecule has 1 aliphatic carbocycles. The normalized spacial score (nSPS) is 11.7. The van der Waals surface area contributed by atoms with Gasteiger partial charge in [-0.05, 0) is 23.1 Å². The summed E-state index contributed by atoms with van der Waals surface area (Å²) in [5.74, 6) is 0.345. The van der Waals surface area contributed by atoms with Gasteiger partial charge in [0, 0.05) is 8.07 Å². The molecule has 166 valence electrons. The molecule has 0 radical (unpaired) electrons. The van der Waals surface area contributed by atoms with Crippen LogP contribution in [0.5, 0.6) is 5.75 Å². The first-order chi connectivity index (χ1) is 12.3.